The Morgan fingerprint density at radius 1 is 0.923 bits per heavy atom. The van der Waals surface area contributed by atoms with E-state index in [2.05, 4.69) is 5.32 Å². The highest BCUT2D eigenvalue weighted by Gasteiger charge is 2.31. The van der Waals surface area contributed by atoms with Crippen LogP contribution in [0.3, 0.4) is 0 Å². The molecule has 3 N–H and O–H groups in total. The minimum Gasteiger partial charge on any atom is -0.468 e. The van der Waals surface area contributed by atoms with E-state index in [1.807, 2.05) is 70.8 Å². The molecule has 1 aromatic heterocycles. The van der Waals surface area contributed by atoms with Crippen LogP contribution in [0.5, 0.6) is 0 Å². The SMILES string of the molecule is COC(=O)[C@@H](Cc1ccccc1)C(=O)N[C@@H](Cc1ccc(NS(=O)(=O)O)cc1)c1nc(-c2ccccc2)cs1. The molecule has 1 heterocycles. The molecule has 4 rings (SSSR count). The molecule has 0 unspecified atom stereocenters. The van der Waals surface area contributed by atoms with E-state index in [0.29, 0.717) is 11.4 Å². The first-order valence-corrected chi connectivity index (χ1v) is 14.3. The summed E-state index contributed by atoms with van der Waals surface area (Å²) in [7, 11) is -3.15. The standard InChI is InChI=1S/C28H27N3O6S2/c1-37-28(33)23(16-19-8-4-2-5-9-19)26(32)29-24(17-20-12-14-22(15-13-20)31-39(34,35)36)27-30-25(18-38-27)21-10-6-3-7-11-21/h2-15,18,23-24,31H,16-17H2,1H3,(H,29,32)(H,34,35,36)/t23-,24-/m0/s1. The number of hydrogen-bond donors (Lipinski definition) is 3. The van der Waals surface area contributed by atoms with Crippen molar-refractivity contribution < 1.29 is 27.3 Å². The van der Waals surface area contributed by atoms with Crippen LogP contribution in [0.4, 0.5) is 5.69 Å². The smallest absolute Gasteiger partial charge is 0.357 e. The number of carbonyl (C=O) groups excluding carboxylic acids is 2. The van der Waals surface area contributed by atoms with Crippen molar-refractivity contribution in [1.29, 1.82) is 0 Å². The molecule has 0 radical (unpaired) electrons. The van der Waals surface area contributed by atoms with E-state index in [0.717, 1.165) is 22.4 Å². The van der Waals surface area contributed by atoms with E-state index in [1.54, 1.807) is 12.1 Å². The first-order chi connectivity index (χ1) is 18.7. The number of rotatable bonds is 11. The van der Waals surface area contributed by atoms with Crippen molar-refractivity contribution in [2.75, 3.05) is 11.8 Å². The molecule has 11 heteroatoms. The lowest BCUT2D eigenvalue weighted by Gasteiger charge is -2.21. The molecule has 1 amide bonds. The summed E-state index contributed by atoms with van der Waals surface area (Å²) in [4.78, 5) is 30.8. The number of carbonyl (C=O) groups is 2. The Balaban J connectivity index is 1.61. The average Bonchev–Trinajstić information content (AvgIpc) is 3.43. The first-order valence-electron chi connectivity index (χ1n) is 12.0. The molecular weight excluding hydrogens is 538 g/mol. The zero-order valence-corrected chi connectivity index (χ0v) is 22.6. The molecule has 39 heavy (non-hydrogen) atoms. The lowest BCUT2D eigenvalue weighted by molar-refractivity contribution is -0.150. The molecule has 0 fully saturated rings. The van der Waals surface area contributed by atoms with Gasteiger partial charge >= 0.3 is 16.3 Å². The molecule has 0 saturated heterocycles. The highest BCUT2D eigenvalue weighted by Crippen LogP contribution is 2.28. The molecule has 9 nitrogen and oxygen atoms in total. The number of amides is 1. The average molecular weight is 566 g/mol. The number of anilines is 1. The lowest BCUT2D eigenvalue weighted by Crippen LogP contribution is -2.40. The van der Waals surface area contributed by atoms with Crippen LogP contribution in [0.1, 0.15) is 22.2 Å². The quantitative estimate of drug-likeness (QED) is 0.139. The van der Waals surface area contributed by atoms with Gasteiger partial charge in [-0.15, -0.1) is 11.3 Å². The summed E-state index contributed by atoms with van der Waals surface area (Å²) >= 11 is 1.39. The molecule has 3 aromatic carbocycles. The molecule has 202 valence electrons. The van der Waals surface area contributed by atoms with E-state index in [1.165, 1.54) is 30.6 Å². The van der Waals surface area contributed by atoms with Gasteiger partial charge in [0.2, 0.25) is 5.91 Å². The van der Waals surface area contributed by atoms with E-state index >= 15 is 0 Å². The zero-order valence-electron chi connectivity index (χ0n) is 21.0. The molecule has 0 spiro atoms. The van der Waals surface area contributed by atoms with Gasteiger partial charge in [0.25, 0.3) is 0 Å². The number of aromatic nitrogens is 1. The van der Waals surface area contributed by atoms with E-state index in [9.17, 15) is 18.0 Å². The van der Waals surface area contributed by atoms with Gasteiger partial charge < -0.3 is 10.1 Å². The van der Waals surface area contributed by atoms with Gasteiger partial charge in [-0.05, 0) is 36.1 Å². The molecular formula is C28H27N3O6S2. The summed E-state index contributed by atoms with van der Waals surface area (Å²) in [6.45, 7) is 0. The Labute approximate surface area is 230 Å². The molecule has 0 aliphatic rings. The second kappa shape index (κ2) is 12.7. The van der Waals surface area contributed by atoms with Gasteiger partial charge in [0.1, 0.15) is 10.9 Å². The van der Waals surface area contributed by atoms with Gasteiger partial charge in [0, 0.05) is 10.9 Å². The highest BCUT2D eigenvalue weighted by molar-refractivity contribution is 7.87. The van der Waals surface area contributed by atoms with Crippen LogP contribution in [0.2, 0.25) is 0 Å². The third-order valence-corrected chi connectivity index (χ3v) is 7.38. The van der Waals surface area contributed by atoms with Crippen LogP contribution in [0, 0.1) is 5.92 Å². The third-order valence-electron chi connectivity index (χ3n) is 5.93. The topological polar surface area (TPSA) is 135 Å². The normalized spacial score (nSPS) is 12.8. The van der Waals surface area contributed by atoms with Gasteiger partial charge in [0.15, 0.2) is 0 Å². The predicted molar refractivity (Wildman–Crippen MR) is 149 cm³/mol. The number of hydrogen-bond acceptors (Lipinski definition) is 7. The van der Waals surface area contributed by atoms with Crippen LogP contribution in [-0.4, -0.2) is 36.9 Å². The number of benzene rings is 3. The Kier molecular flexibility index (Phi) is 9.07. The van der Waals surface area contributed by atoms with Gasteiger partial charge in [-0.2, -0.15) is 8.42 Å². The van der Waals surface area contributed by atoms with Crippen LogP contribution in [0.15, 0.2) is 90.3 Å². The van der Waals surface area contributed by atoms with E-state index in [-0.39, 0.29) is 12.1 Å². The molecule has 0 aliphatic heterocycles. The number of thiazole rings is 1. The maximum atomic E-state index is 13.5. The van der Waals surface area contributed by atoms with Gasteiger partial charge in [-0.25, -0.2) is 4.98 Å². The van der Waals surface area contributed by atoms with Crippen LogP contribution >= 0.6 is 11.3 Å². The Morgan fingerprint density at radius 2 is 1.54 bits per heavy atom. The zero-order chi connectivity index (χ0) is 27.8. The third kappa shape index (κ3) is 7.96. The Bertz CT molecular complexity index is 1510. The minimum absolute atomic E-state index is 0.176. The van der Waals surface area contributed by atoms with Crippen LogP contribution < -0.4 is 10.0 Å². The van der Waals surface area contributed by atoms with Crippen molar-refractivity contribution in [3.8, 4) is 11.3 Å². The number of esters is 1. The predicted octanol–water partition coefficient (Wildman–Crippen LogP) is 4.46. The van der Waals surface area contributed by atoms with Gasteiger partial charge in [0.05, 0.1) is 24.5 Å². The van der Waals surface area contributed by atoms with Gasteiger partial charge in [-0.1, -0.05) is 72.8 Å². The van der Waals surface area contributed by atoms with Crippen molar-refractivity contribution >= 4 is 39.2 Å². The minimum atomic E-state index is -4.40. The second-order valence-corrected chi connectivity index (χ2v) is 10.8. The maximum absolute atomic E-state index is 13.5. The summed E-state index contributed by atoms with van der Waals surface area (Å²) in [6, 6.07) is 24.7. The second-order valence-electron chi connectivity index (χ2n) is 8.74. The molecule has 2 atom stereocenters. The first kappa shape index (κ1) is 28.0. The number of methoxy groups -OCH3 is 1. The highest BCUT2D eigenvalue weighted by atomic mass is 32.2. The van der Waals surface area contributed by atoms with E-state index in [4.69, 9.17) is 14.3 Å². The van der Waals surface area contributed by atoms with Crippen LogP contribution in [0.25, 0.3) is 11.3 Å². The van der Waals surface area contributed by atoms with Crippen molar-refractivity contribution in [3.05, 3.63) is 106 Å². The summed E-state index contributed by atoms with van der Waals surface area (Å²) in [5.74, 6) is -2.19. The van der Waals surface area contributed by atoms with Crippen molar-refractivity contribution in [3.63, 3.8) is 0 Å². The van der Waals surface area contributed by atoms with Crippen molar-refractivity contribution in [2.24, 2.45) is 5.92 Å². The Morgan fingerprint density at radius 3 is 2.15 bits per heavy atom. The molecule has 0 saturated carbocycles. The summed E-state index contributed by atoms with van der Waals surface area (Å²) in [5.41, 5.74) is 3.48. The summed E-state index contributed by atoms with van der Waals surface area (Å²) in [5, 5.41) is 5.54. The van der Waals surface area contributed by atoms with Crippen molar-refractivity contribution in [2.45, 2.75) is 18.9 Å². The fraction of sp³-hybridized carbons (Fsp3) is 0.179. The maximum Gasteiger partial charge on any atom is 0.357 e. The summed E-state index contributed by atoms with van der Waals surface area (Å²) in [6.07, 6.45) is 0.494. The van der Waals surface area contributed by atoms with Crippen molar-refractivity contribution in [1.82, 2.24) is 10.3 Å². The Hall–Kier alpha value is -4.06. The number of nitrogens with zero attached hydrogens (tertiary/aromatic N) is 1. The largest absolute Gasteiger partial charge is 0.468 e. The van der Waals surface area contributed by atoms with Crippen LogP contribution in [-0.2, 0) is 37.5 Å². The summed E-state index contributed by atoms with van der Waals surface area (Å²) < 4.78 is 38.2. The number of ether oxygens (including phenoxy) is 1. The monoisotopic (exact) mass is 565 g/mol. The fourth-order valence-corrected chi connectivity index (χ4v) is 5.34. The number of nitrogens with one attached hydrogen (secondary N) is 2. The molecule has 0 aliphatic carbocycles. The van der Waals surface area contributed by atoms with E-state index < -0.39 is 34.1 Å². The fourth-order valence-electron chi connectivity index (χ4n) is 4.03. The lowest BCUT2D eigenvalue weighted by atomic mass is 9.97. The van der Waals surface area contributed by atoms with Gasteiger partial charge in [-0.3, -0.25) is 18.9 Å². The molecule has 4 aromatic rings. The molecule has 0 bridgehead atoms.